The second-order valence-electron chi connectivity index (χ2n) is 11.0. The van der Waals surface area contributed by atoms with Gasteiger partial charge in [-0.2, -0.15) is 0 Å². The molecule has 1 N–H and O–H groups in total. The van der Waals surface area contributed by atoms with Gasteiger partial charge in [-0.3, -0.25) is 13.9 Å². The number of carbonyl (C=O) groups is 2. The third-order valence-electron chi connectivity index (χ3n) is 6.90. The molecule has 11 heteroatoms. The molecule has 0 aromatic heterocycles. The number of amides is 2. The summed E-state index contributed by atoms with van der Waals surface area (Å²) in [4.78, 5) is 29.2. The monoisotopic (exact) mass is 661 g/mol. The molecule has 0 saturated carbocycles. The van der Waals surface area contributed by atoms with Crippen LogP contribution < -0.4 is 14.4 Å². The summed E-state index contributed by atoms with van der Waals surface area (Å²) in [5.74, 6) is 0.289. The molecule has 0 aliphatic heterocycles. The number of carbonyl (C=O) groups excluding carboxylic acids is 2. The van der Waals surface area contributed by atoms with E-state index in [1.807, 2.05) is 51.1 Å². The van der Waals surface area contributed by atoms with Crippen LogP contribution in [0.3, 0.4) is 0 Å². The quantitative estimate of drug-likeness (QED) is 0.193. The number of nitrogens with one attached hydrogen (secondary N) is 1. The predicted octanol–water partition coefficient (Wildman–Crippen LogP) is 6.35. The fourth-order valence-corrected chi connectivity index (χ4v) is 6.12. The van der Waals surface area contributed by atoms with Gasteiger partial charge in [-0.25, -0.2) is 8.42 Å². The Morgan fingerprint density at radius 1 is 0.977 bits per heavy atom. The van der Waals surface area contributed by atoms with Gasteiger partial charge in [-0.05, 0) is 66.8 Å². The lowest BCUT2D eigenvalue weighted by Gasteiger charge is -2.32. The first kappa shape index (κ1) is 35.2. The Bertz CT molecular complexity index is 1490. The first-order valence-corrected chi connectivity index (χ1v) is 17.2. The van der Waals surface area contributed by atoms with Crippen molar-refractivity contribution in [1.29, 1.82) is 0 Å². The molecule has 0 aliphatic carbocycles. The summed E-state index contributed by atoms with van der Waals surface area (Å²) in [6.07, 6.45) is 1.67. The van der Waals surface area contributed by atoms with Gasteiger partial charge < -0.3 is 15.0 Å². The van der Waals surface area contributed by atoms with Crippen molar-refractivity contribution in [3.8, 4) is 5.75 Å². The van der Waals surface area contributed by atoms with Gasteiger partial charge in [-0.15, -0.1) is 0 Å². The molecule has 0 spiro atoms. The molecule has 0 saturated heterocycles. The maximum atomic E-state index is 14.0. The molecule has 0 fully saturated rings. The van der Waals surface area contributed by atoms with Gasteiger partial charge in [0.2, 0.25) is 21.8 Å². The van der Waals surface area contributed by atoms with Crippen LogP contribution >= 0.6 is 23.2 Å². The highest BCUT2D eigenvalue weighted by molar-refractivity contribution is 7.92. The van der Waals surface area contributed by atoms with E-state index in [1.54, 1.807) is 47.4 Å². The smallest absolute Gasteiger partial charge is 0.243 e. The SMILES string of the molecule is CCOc1ccc(N(CCCC(=O)N(Cc2ccc(Cl)cc2Cl)C(Cc2ccccc2)C(=O)NCC(C)C)S(C)(=O)=O)cc1. The number of nitrogens with zero attached hydrogens (tertiary/aromatic N) is 2. The van der Waals surface area contributed by atoms with Gasteiger partial charge >= 0.3 is 0 Å². The lowest BCUT2D eigenvalue weighted by Crippen LogP contribution is -2.51. The summed E-state index contributed by atoms with van der Waals surface area (Å²) in [7, 11) is -3.63. The molecule has 3 rings (SSSR count). The molecule has 1 unspecified atom stereocenters. The zero-order valence-electron chi connectivity index (χ0n) is 25.6. The van der Waals surface area contributed by atoms with E-state index in [0.29, 0.717) is 46.6 Å². The normalized spacial score (nSPS) is 12.1. The minimum absolute atomic E-state index is 0.0109. The maximum absolute atomic E-state index is 14.0. The van der Waals surface area contributed by atoms with Crippen molar-refractivity contribution in [3.05, 3.63) is 94.0 Å². The summed E-state index contributed by atoms with van der Waals surface area (Å²) < 4.78 is 32.2. The molecule has 3 aromatic carbocycles. The van der Waals surface area contributed by atoms with Crippen molar-refractivity contribution in [2.75, 3.05) is 30.3 Å². The second kappa shape index (κ2) is 16.7. The van der Waals surface area contributed by atoms with Crippen LogP contribution in [0.15, 0.2) is 72.8 Å². The molecule has 0 bridgehead atoms. The number of sulfonamides is 1. The van der Waals surface area contributed by atoms with Crippen LogP contribution in [0.2, 0.25) is 10.0 Å². The Morgan fingerprint density at radius 3 is 2.25 bits per heavy atom. The van der Waals surface area contributed by atoms with Crippen molar-refractivity contribution in [2.45, 2.75) is 52.6 Å². The van der Waals surface area contributed by atoms with E-state index in [0.717, 1.165) is 11.8 Å². The summed E-state index contributed by atoms with van der Waals surface area (Å²) in [6, 6.07) is 20.5. The number of hydrogen-bond donors (Lipinski definition) is 1. The van der Waals surface area contributed by atoms with Gasteiger partial charge in [-0.1, -0.05) is 73.4 Å². The average molecular weight is 663 g/mol. The van der Waals surface area contributed by atoms with Gasteiger partial charge in [0.05, 0.1) is 18.6 Å². The van der Waals surface area contributed by atoms with Crippen LogP contribution in [0.5, 0.6) is 5.75 Å². The van der Waals surface area contributed by atoms with Crippen molar-refractivity contribution < 1.29 is 22.7 Å². The fourth-order valence-electron chi connectivity index (χ4n) is 4.69. The Kier molecular flexibility index (Phi) is 13.4. The highest BCUT2D eigenvalue weighted by atomic mass is 35.5. The van der Waals surface area contributed by atoms with Crippen LogP contribution in [-0.4, -0.2) is 57.1 Å². The van der Waals surface area contributed by atoms with E-state index < -0.39 is 16.1 Å². The van der Waals surface area contributed by atoms with E-state index >= 15 is 0 Å². The van der Waals surface area contributed by atoms with Crippen molar-refractivity contribution >= 4 is 50.7 Å². The van der Waals surface area contributed by atoms with Crippen LogP contribution in [-0.2, 0) is 32.6 Å². The summed E-state index contributed by atoms with van der Waals surface area (Å²) in [5.41, 5.74) is 2.02. The van der Waals surface area contributed by atoms with E-state index in [1.165, 1.54) is 4.31 Å². The molecule has 3 aromatic rings. The number of hydrogen-bond acceptors (Lipinski definition) is 5. The maximum Gasteiger partial charge on any atom is 0.243 e. The first-order chi connectivity index (χ1) is 20.9. The van der Waals surface area contributed by atoms with E-state index in [-0.39, 0.29) is 43.7 Å². The van der Waals surface area contributed by atoms with Gasteiger partial charge in [0.1, 0.15) is 11.8 Å². The number of benzene rings is 3. The predicted molar refractivity (Wildman–Crippen MR) is 178 cm³/mol. The summed E-state index contributed by atoms with van der Waals surface area (Å²) >= 11 is 12.6. The minimum atomic E-state index is -3.63. The third kappa shape index (κ3) is 10.7. The Hall–Kier alpha value is -3.27. The van der Waals surface area contributed by atoms with Crippen LogP contribution in [0.4, 0.5) is 5.69 Å². The van der Waals surface area contributed by atoms with Crippen molar-refractivity contribution in [2.24, 2.45) is 5.92 Å². The molecule has 44 heavy (non-hydrogen) atoms. The Morgan fingerprint density at radius 2 is 1.66 bits per heavy atom. The molecule has 2 amide bonds. The van der Waals surface area contributed by atoms with E-state index in [4.69, 9.17) is 27.9 Å². The second-order valence-corrected chi connectivity index (χ2v) is 13.7. The molecular weight excluding hydrogens is 621 g/mol. The molecule has 238 valence electrons. The van der Waals surface area contributed by atoms with E-state index in [2.05, 4.69) is 5.32 Å². The van der Waals surface area contributed by atoms with Gasteiger partial charge in [0, 0.05) is 42.5 Å². The van der Waals surface area contributed by atoms with Gasteiger partial charge in [0.25, 0.3) is 0 Å². The highest BCUT2D eigenvalue weighted by Gasteiger charge is 2.31. The third-order valence-corrected chi connectivity index (χ3v) is 8.68. The largest absolute Gasteiger partial charge is 0.494 e. The van der Waals surface area contributed by atoms with Crippen molar-refractivity contribution in [3.63, 3.8) is 0 Å². The van der Waals surface area contributed by atoms with Crippen LogP contribution in [0.1, 0.15) is 44.7 Å². The summed E-state index contributed by atoms with van der Waals surface area (Å²) in [5, 5.41) is 3.84. The number of rotatable bonds is 16. The number of anilines is 1. The minimum Gasteiger partial charge on any atom is -0.494 e. The molecular formula is C33H41Cl2N3O5S. The zero-order chi connectivity index (χ0) is 32.3. The number of halogens is 2. The molecule has 0 aliphatic rings. The van der Waals surface area contributed by atoms with E-state index in [9.17, 15) is 18.0 Å². The topological polar surface area (TPSA) is 96.0 Å². The standard InChI is InChI=1S/C33H41Cl2N3O5S/c1-5-43-29-17-15-28(16-18-29)38(44(4,41)42)19-9-12-32(39)37(23-26-13-14-27(34)21-30(26)35)31(33(40)36-22-24(2)3)20-25-10-7-6-8-11-25/h6-8,10-11,13-18,21,24,31H,5,9,12,19-20,22-23H2,1-4H3,(H,36,40). The number of ether oxygens (including phenoxy) is 1. The lowest BCUT2D eigenvalue weighted by atomic mass is 10.0. The Labute approximate surface area is 271 Å². The molecule has 0 radical (unpaired) electrons. The zero-order valence-corrected chi connectivity index (χ0v) is 28.0. The van der Waals surface area contributed by atoms with Crippen LogP contribution in [0.25, 0.3) is 0 Å². The highest BCUT2D eigenvalue weighted by Crippen LogP contribution is 2.26. The average Bonchev–Trinajstić information content (AvgIpc) is 2.97. The lowest BCUT2D eigenvalue weighted by molar-refractivity contribution is -0.141. The van der Waals surface area contributed by atoms with Gasteiger partial charge in [0.15, 0.2) is 0 Å². The molecule has 0 heterocycles. The van der Waals surface area contributed by atoms with Crippen molar-refractivity contribution in [1.82, 2.24) is 10.2 Å². The Balaban J connectivity index is 1.89. The summed E-state index contributed by atoms with van der Waals surface area (Å²) in [6.45, 7) is 6.99. The fraction of sp³-hybridized carbons (Fsp3) is 0.394. The van der Waals surface area contributed by atoms with Crippen LogP contribution in [0, 0.1) is 5.92 Å². The first-order valence-electron chi connectivity index (χ1n) is 14.6. The molecule has 1 atom stereocenters. The molecule has 8 nitrogen and oxygen atoms in total.